The number of nitrogens with zero attached hydrogens (tertiary/aromatic N) is 1. The Bertz CT molecular complexity index is 596. The number of hydrogen-bond acceptors (Lipinski definition) is 3. The van der Waals surface area contributed by atoms with Crippen LogP contribution in [0.1, 0.15) is 24.5 Å². The van der Waals surface area contributed by atoms with Gasteiger partial charge >= 0.3 is 0 Å². The highest BCUT2D eigenvalue weighted by molar-refractivity contribution is 7.90. The van der Waals surface area contributed by atoms with Gasteiger partial charge in [-0.2, -0.15) is 4.31 Å². The molecule has 1 saturated heterocycles. The molecule has 0 unspecified atom stereocenters. The molecule has 1 aromatic carbocycles. The van der Waals surface area contributed by atoms with Crippen LogP contribution >= 0.6 is 23.2 Å². The van der Waals surface area contributed by atoms with E-state index < -0.39 is 10.0 Å². The van der Waals surface area contributed by atoms with Gasteiger partial charge in [0.1, 0.15) is 0 Å². The number of morpholine rings is 1. The summed E-state index contributed by atoms with van der Waals surface area (Å²) in [6, 6.07) is 5.19. The largest absolute Gasteiger partial charge is 0.371 e. The zero-order valence-corrected chi connectivity index (χ0v) is 13.1. The average Bonchev–Trinajstić information content (AvgIpc) is 3.22. The first kappa shape index (κ1) is 14.6. The SMILES string of the molecule is O=S(=O)(C1CC1)N1CCO[C@H](c2cc(Cl)cc(Cl)c2)C1. The number of hydrogen-bond donors (Lipinski definition) is 0. The first-order valence-electron chi connectivity index (χ1n) is 6.53. The van der Waals surface area contributed by atoms with Crippen LogP contribution in [-0.4, -0.2) is 37.7 Å². The molecule has 3 rings (SSSR count). The molecule has 1 aromatic rings. The molecule has 0 aromatic heterocycles. The van der Waals surface area contributed by atoms with Crippen molar-refractivity contribution in [1.29, 1.82) is 0 Å². The number of rotatable bonds is 3. The summed E-state index contributed by atoms with van der Waals surface area (Å²) in [5.41, 5.74) is 0.818. The van der Waals surface area contributed by atoms with Crippen molar-refractivity contribution in [3.63, 3.8) is 0 Å². The molecule has 2 aliphatic rings. The van der Waals surface area contributed by atoms with Gasteiger partial charge in [0.15, 0.2) is 0 Å². The monoisotopic (exact) mass is 335 g/mol. The van der Waals surface area contributed by atoms with Crippen LogP contribution in [-0.2, 0) is 14.8 Å². The molecule has 7 heteroatoms. The molecule has 110 valence electrons. The van der Waals surface area contributed by atoms with Crippen LogP contribution in [0.2, 0.25) is 10.0 Å². The standard InChI is InChI=1S/C13H15Cl2NO3S/c14-10-5-9(6-11(15)7-10)13-8-16(3-4-19-13)20(17,18)12-1-2-12/h5-7,12-13H,1-4,8H2/t13-/m0/s1. The molecule has 4 nitrogen and oxygen atoms in total. The Morgan fingerprint density at radius 1 is 1.15 bits per heavy atom. The first-order chi connectivity index (χ1) is 9.46. The lowest BCUT2D eigenvalue weighted by Crippen LogP contribution is -2.43. The average molecular weight is 336 g/mol. The Balaban J connectivity index is 1.81. The van der Waals surface area contributed by atoms with E-state index in [0.29, 0.717) is 29.7 Å². The van der Waals surface area contributed by atoms with E-state index in [0.717, 1.165) is 18.4 Å². The third kappa shape index (κ3) is 2.97. The predicted molar refractivity (Wildman–Crippen MR) is 78.7 cm³/mol. The minimum absolute atomic E-state index is 0.191. The Morgan fingerprint density at radius 2 is 1.80 bits per heavy atom. The number of benzene rings is 1. The molecule has 20 heavy (non-hydrogen) atoms. The van der Waals surface area contributed by atoms with Crippen LogP contribution in [0, 0.1) is 0 Å². The summed E-state index contributed by atoms with van der Waals surface area (Å²) >= 11 is 12.0. The Hall–Kier alpha value is -0.330. The number of sulfonamides is 1. The van der Waals surface area contributed by atoms with Gasteiger partial charge < -0.3 is 4.74 Å². The van der Waals surface area contributed by atoms with Gasteiger partial charge in [-0.05, 0) is 36.6 Å². The van der Waals surface area contributed by atoms with Crippen LogP contribution in [0.5, 0.6) is 0 Å². The van der Waals surface area contributed by atoms with Crippen molar-refractivity contribution in [2.45, 2.75) is 24.2 Å². The number of ether oxygens (including phenoxy) is 1. The van der Waals surface area contributed by atoms with Gasteiger partial charge in [0.2, 0.25) is 10.0 Å². The molecule has 1 saturated carbocycles. The summed E-state index contributed by atoms with van der Waals surface area (Å²) < 4.78 is 31.8. The highest BCUT2D eigenvalue weighted by Gasteiger charge is 2.42. The van der Waals surface area contributed by atoms with Crippen molar-refractivity contribution >= 4 is 33.2 Å². The normalized spacial score (nSPS) is 24.8. The fourth-order valence-electron chi connectivity index (χ4n) is 2.40. The maximum atomic E-state index is 12.3. The van der Waals surface area contributed by atoms with Crippen LogP contribution in [0.3, 0.4) is 0 Å². The third-order valence-electron chi connectivity index (χ3n) is 3.59. The van der Waals surface area contributed by atoms with Crippen molar-refractivity contribution in [1.82, 2.24) is 4.31 Å². The molecule has 0 bridgehead atoms. The van der Waals surface area contributed by atoms with Crippen LogP contribution in [0.15, 0.2) is 18.2 Å². The second-order valence-electron chi connectivity index (χ2n) is 5.16. The summed E-state index contributed by atoms with van der Waals surface area (Å²) in [7, 11) is -3.16. The minimum atomic E-state index is -3.16. The maximum Gasteiger partial charge on any atom is 0.217 e. The molecule has 2 fully saturated rings. The Labute approximate surface area is 128 Å². The van der Waals surface area contributed by atoms with Crippen molar-refractivity contribution in [2.75, 3.05) is 19.7 Å². The molecule has 0 spiro atoms. The second-order valence-corrected chi connectivity index (χ2v) is 8.25. The summed E-state index contributed by atoms with van der Waals surface area (Å²) in [6.45, 7) is 1.14. The Morgan fingerprint density at radius 3 is 2.40 bits per heavy atom. The van der Waals surface area contributed by atoms with Gasteiger partial charge in [-0.25, -0.2) is 8.42 Å². The quantitative estimate of drug-likeness (QED) is 0.853. The van der Waals surface area contributed by atoms with E-state index in [1.165, 1.54) is 4.31 Å². The van der Waals surface area contributed by atoms with Crippen LogP contribution in [0.25, 0.3) is 0 Å². The molecule has 1 aliphatic carbocycles. The topological polar surface area (TPSA) is 46.6 Å². The summed E-state index contributed by atoms with van der Waals surface area (Å²) in [5, 5.41) is 0.862. The second kappa shape index (κ2) is 5.46. The first-order valence-corrected chi connectivity index (χ1v) is 8.79. The zero-order valence-electron chi connectivity index (χ0n) is 10.8. The van der Waals surface area contributed by atoms with Gasteiger partial charge in [-0.1, -0.05) is 23.2 Å². The molecule has 0 radical (unpaired) electrons. The van der Waals surface area contributed by atoms with Gasteiger partial charge in [0.25, 0.3) is 0 Å². The Kier molecular flexibility index (Phi) is 3.99. The summed E-state index contributed by atoms with van der Waals surface area (Å²) in [4.78, 5) is 0. The molecular formula is C13H15Cl2NO3S. The van der Waals surface area contributed by atoms with Crippen LogP contribution < -0.4 is 0 Å². The van der Waals surface area contributed by atoms with E-state index in [1.807, 2.05) is 0 Å². The molecule has 1 atom stereocenters. The van der Waals surface area contributed by atoms with Gasteiger partial charge in [0.05, 0.1) is 18.0 Å². The number of halogens is 2. The smallest absolute Gasteiger partial charge is 0.217 e. The van der Waals surface area contributed by atoms with Crippen molar-refractivity contribution < 1.29 is 13.2 Å². The molecule has 1 aliphatic heterocycles. The summed E-state index contributed by atoms with van der Waals surface area (Å²) in [6.07, 6.45) is 1.23. The maximum absolute atomic E-state index is 12.3. The zero-order chi connectivity index (χ0) is 14.3. The molecular weight excluding hydrogens is 321 g/mol. The lowest BCUT2D eigenvalue weighted by Gasteiger charge is -2.32. The fourth-order valence-corrected chi connectivity index (χ4v) is 4.76. The lowest BCUT2D eigenvalue weighted by molar-refractivity contribution is -0.00259. The molecule has 1 heterocycles. The van der Waals surface area contributed by atoms with Crippen molar-refractivity contribution in [3.8, 4) is 0 Å². The molecule has 0 N–H and O–H groups in total. The highest BCUT2D eigenvalue weighted by Crippen LogP contribution is 2.34. The van der Waals surface area contributed by atoms with E-state index in [4.69, 9.17) is 27.9 Å². The van der Waals surface area contributed by atoms with Gasteiger partial charge in [-0.15, -0.1) is 0 Å². The van der Waals surface area contributed by atoms with Gasteiger partial charge in [-0.3, -0.25) is 0 Å². The van der Waals surface area contributed by atoms with Crippen molar-refractivity contribution in [2.24, 2.45) is 0 Å². The predicted octanol–water partition coefficient (Wildman–Crippen LogP) is 2.86. The van der Waals surface area contributed by atoms with E-state index in [2.05, 4.69) is 0 Å². The van der Waals surface area contributed by atoms with Crippen LogP contribution in [0.4, 0.5) is 0 Å². The third-order valence-corrected chi connectivity index (χ3v) is 6.39. The van der Waals surface area contributed by atoms with E-state index in [1.54, 1.807) is 18.2 Å². The van der Waals surface area contributed by atoms with Crippen molar-refractivity contribution in [3.05, 3.63) is 33.8 Å². The highest BCUT2D eigenvalue weighted by atomic mass is 35.5. The molecule has 0 amide bonds. The van der Waals surface area contributed by atoms with E-state index in [-0.39, 0.29) is 11.4 Å². The summed E-state index contributed by atoms with van der Waals surface area (Å²) in [5.74, 6) is 0. The fraction of sp³-hybridized carbons (Fsp3) is 0.538. The van der Waals surface area contributed by atoms with Gasteiger partial charge in [0, 0.05) is 23.1 Å². The lowest BCUT2D eigenvalue weighted by atomic mass is 10.1. The van der Waals surface area contributed by atoms with E-state index in [9.17, 15) is 8.42 Å². The van der Waals surface area contributed by atoms with E-state index >= 15 is 0 Å². The minimum Gasteiger partial charge on any atom is -0.371 e.